The predicted octanol–water partition coefficient (Wildman–Crippen LogP) is 1.31. The van der Waals surface area contributed by atoms with Crippen LogP contribution in [-0.4, -0.2) is 52.4 Å². The van der Waals surface area contributed by atoms with Crippen molar-refractivity contribution in [1.29, 1.82) is 0 Å². The average molecular weight is 364 g/mol. The first-order chi connectivity index (χ1) is 10.1. The monoisotopic (exact) mass is 363 g/mol. The summed E-state index contributed by atoms with van der Waals surface area (Å²) in [6, 6.07) is 3.29. The number of benzene rings is 1. The van der Waals surface area contributed by atoms with Gasteiger partial charge in [-0.15, -0.1) is 12.4 Å². The van der Waals surface area contributed by atoms with Crippen molar-refractivity contribution in [2.24, 2.45) is 0 Å². The summed E-state index contributed by atoms with van der Waals surface area (Å²) in [5, 5.41) is 5.82. The number of hydrogen-bond donors (Lipinski definition) is 2. The number of sulfonamides is 1. The summed E-state index contributed by atoms with van der Waals surface area (Å²) >= 11 is 0. The van der Waals surface area contributed by atoms with Gasteiger partial charge in [0.2, 0.25) is 10.0 Å². The zero-order chi connectivity index (χ0) is 17.1. The molecule has 0 fully saturated rings. The highest BCUT2D eigenvalue weighted by Crippen LogP contribution is 2.23. The SMILES string of the molecule is CNC(C)CNC(=O)c1cc(C)c(C)c(S(=O)(=O)N(C)C)c1.Cl. The summed E-state index contributed by atoms with van der Waals surface area (Å²) in [6.45, 7) is 5.97. The second-order valence-corrected chi connectivity index (χ2v) is 7.72. The number of carbonyl (C=O) groups excluding carboxylic acids is 1. The molecule has 1 atom stereocenters. The first-order valence-electron chi connectivity index (χ1n) is 7.10. The number of rotatable bonds is 6. The van der Waals surface area contributed by atoms with Gasteiger partial charge in [0.25, 0.3) is 5.91 Å². The van der Waals surface area contributed by atoms with E-state index in [0.717, 1.165) is 9.87 Å². The molecule has 0 aromatic heterocycles. The highest BCUT2D eigenvalue weighted by Gasteiger charge is 2.22. The molecule has 0 spiro atoms. The molecule has 1 amide bonds. The minimum atomic E-state index is -3.58. The van der Waals surface area contributed by atoms with E-state index in [1.54, 1.807) is 19.9 Å². The molecule has 1 aromatic rings. The van der Waals surface area contributed by atoms with E-state index in [0.29, 0.717) is 17.7 Å². The molecule has 8 heteroatoms. The van der Waals surface area contributed by atoms with E-state index in [1.807, 2.05) is 14.0 Å². The number of hydrogen-bond acceptors (Lipinski definition) is 4. The summed E-state index contributed by atoms with van der Waals surface area (Å²) < 4.78 is 25.9. The van der Waals surface area contributed by atoms with E-state index in [2.05, 4.69) is 10.6 Å². The Balaban J connectivity index is 0.00000484. The number of halogens is 1. The molecule has 0 aliphatic carbocycles. The van der Waals surface area contributed by atoms with Crippen molar-refractivity contribution >= 4 is 28.3 Å². The molecule has 6 nitrogen and oxygen atoms in total. The summed E-state index contributed by atoms with van der Waals surface area (Å²) in [7, 11) is 1.19. The van der Waals surface area contributed by atoms with Crippen LogP contribution in [0.3, 0.4) is 0 Å². The van der Waals surface area contributed by atoms with Crippen LogP contribution in [-0.2, 0) is 10.0 Å². The van der Waals surface area contributed by atoms with Crippen LogP contribution in [0.2, 0.25) is 0 Å². The van der Waals surface area contributed by atoms with Crippen LogP contribution in [0, 0.1) is 13.8 Å². The molecule has 0 heterocycles. The average Bonchev–Trinajstić information content (AvgIpc) is 2.46. The molecule has 132 valence electrons. The molecular weight excluding hydrogens is 338 g/mol. The van der Waals surface area contributed by atoms with E-state index in [1.165, 1.54) is 20.2 Å². The molecule has 1 rings (SSSR count). The van der Waals surface area contributed by atoms with Crippen LogP contribution in [0.25, 0.3) is 0 Å². The van der Waals surface area contributed by atoms with Crippen LogP contribution >= 0.6 is 12.4 Å². The van der Waals surface area contributed by atoms with Crippen LogP contribution < -0.4 is 10.6 Å². The number of nitrogens with one attached hydrogen (secondary N) is 2. The van der Waals surface area contributed by atoms with Gasteiger partial charge in [-0.1, -0.05) is 0 Å². The molecule has 0 saturated heterocycles. The fourth-order valence-electron chi connectivity index (χ4n) is 1.87. The Morgan fingerprint density at radius 1 is 1.26 bits per heavy atom. The van der Waals surface area contributed by atoms with Crippen LogP contribution in [0.1, 0.15) is 28.4 Å². The van der Waals surface area contributed by atoms with Crippen molar-refractivity contribution in [3.05, 3.63) is 28.8 Å². The summed E-state index contributed by atoms with van der Waals surface area (Å²) in [4.78, 5) is 12.4. The van der Waals surface area contributed by atoms with E-state index in [4.69, 9.17) is 0 Å². The third kappa shape index (κ3) is 5.17. The van der Waals surface area contributed by atoms with E-state index in [9.17, 15) is 13.2 Å². The molecule has 0 radical (unpaired) electrons. The molecule has 1 aromatic carbocycles. The molecule has 0 saturated carbocycles. The van der Waals surface area contributed by atoms with Crippen molar-refractivity contribution in [2.75, 3.05) is 27.7 Å². The van der Waals surface area contributed by atoms with Crippen LogP contribution in [0.15, 0.2) is 17.0 Å². The van der Waals surface area contributed by atoms with Gasteiger partial charge in [0.15, 0.2) is 0 Å². The lowest BCUT2D eigenvalue weighted by molar-refractivity contribution is 0.0950. The van der Waals surface area contributed by atoms with Gasteiger partial charge in [0.1, 0.15) is 0 Å². The van der Waals surface area contributed by atoms with Crippen molar-refractivity contribution in [2.45, 2.75) is 31.7 Å². The molecular formula is C15H26ClN3O3S. The maximum Gasteiger partial charge on any atom is 0.251 e. The van der Waals surface area contributed by atoms with Gasteiger partial charge in [-0.3, -0.25) is 4.79 Å². The lowest BCUT2D eigenvalue weighted by Crippen LogP contribution is -2.37. The Hall–Kier alpha value is -1.15. The van der Waals surface area contributed by atoms with Gasteiger partial charge < -0.3 is 10.6 Å². The van der Waals surface area contributed by atoms with E-state index < -0.39 is 10.0 Å². The molecule has 1 unspecified atom stereocenters. The first-order valence-corrected chi connectivity index (χ1v) is 8.54. The van der Waals surface area contributed by atoms with E-state index >= 15 is 0 Å². The summed E-state index contributed by atoms with van der Waals surface area (Å²) in [6.07, 6.45) is 0. The maximum atomic E-state index is 12.4. The maximum absolute atomic E-state index is 12.4. The quantitative estimate of drug-likeness (QED) is 0.798. The summed E-state index contributed by atoms with van der Waals surface area (Å²) in [5.74, 6) is -0.277. The number of aryl methyl sites for hydroxylation is 1. The lowest BCUT2D eigenvalue weighted by Gasteiger charge is -2.17. The fourth-order valence-corrected chi connectivity index (χ4v) is 3.09. The Kier molecular flexibility index (Phi) is 8.20. The number of likely N-dealkylation sites (N-methyl/N-ethyl adjacent to an activating group) is 1. The lowest BCUT2D eigenvalue weighted by atomic mass is 10.1. The van der Waals surface area contributed by atoms with Gasteiger partial charge in [-0.2, -0.15) is 0 Å². The van der Waals surface area contributed by atoms with Gasteiger partial charge in [-0.25, -0.2) is 12.7 Å². The third-order valence-electron chi connectivity index (χ3n) is 3.70. The fraction of sp³-hybridized carbons (Fsp3) is 0.533. The predicted molar refractivity (Wildman–Crippen MR) is 94.9 cm³/mol. The number of amides is 1. The minimum absolute atomic E-state index is 0. The van der Waals surface area contributed by atoms with Gasteiger partial charge in [-0.05, 0) is 51.1 Å². The van der Waals surface area contributed by atoms with Crippen LogP contribution in [0.5, 0.6) is 0 Å². The van der Waals surface area contributed by atoms with Gasteiger partial charge in [0.05, 0.1) is 4.90 Å². The van der Waals surface area contributed by atoms with Crippen molar-refractivity contribution in [3.8, 4) is 0 Å². The highest BCUT2D eigenvalue weighted by molar-refractivity contribution is 7.89. The third-order valence-corrected chi connectivity index (χ3v) is 5.64. The summed E-state index contributed by atoms with van der Waals surface area (Å²) in [5.41, 5.74) is 1.79. The van der Waals surface area contributed by atoms with Crippen LogP contribution in [0.4, 0.5) is 0 Å². The minimum Gasteiger partial charge on any atom is -0.350 e. The zero-order valence-electron chi connectivity index (χ0n) is 14.4. The second-order valence-electron chi connectivity index (χ2n) is 5.60. The molecule has 0 bridgehead atoms. The van der Waals surface area contributed by atoms with Crippen molar-refractivity contribution < 1.29 is 13.2 Å². The topological polar surface area (TPSA) is 78.5 Å². The number of carbonyl (C=O) groups is 1. The standard InChI is InChI=1S/C15H25N3O3S.ClH/c1-10-7-13(15(19)17-9-11(2)16-4)8-14(12(10)3)22(20,21)18(5)6;/h7-8,11,16H,9H2,1-6H3,(H,17,19);1H. The smallest absolute Gasteiger partial charge is 0.251 e. The Labute approximate surface area is 145 Å². The first kappa shape index (κ1) is 21.9. The zero-order valence-corrected chi connectivity index (χ0v) is 16.1. The van der Waals surface area contributed by atoms with Gasteiger partial charge >= 0.3 is 0 Å². The highest BCUT2D eigenvalue weighted by atomic mass is 35.5. The molecule has 23 heavy (non-hydrogen) atoms. The largest absolute Gasteiger partial charge is 0.350 e. The molecule has 0 aliphatic heterocycles. The Bertz CT molecular complexity index is 660. The van der Waals surface area contributed by atoms with Crippen molar-refractivity contribution in [3.63, 3.8) is 0 Å². The number of nitrogens with zero attached hydrogens (tertiary/aromatic N) is 1. The van der Waals surface area contributed by atoms with Crippen molar-refractivity contribution in [1.82, 2.24) is 14.9 Å². The second kappa shape index (κ2) is 8.63. The van der Waals surface area contributed by atoms with Gasteiger partial charge in [0, 0.05) is 32.2 Å². The Morgan fingerprint density at radius 2 is 1.83 bits per heavy atom. The normalized spacial score (nSPS) is 12.7. The van der Waals surface area contributed by atoms with E-state index in [-0.39, 0.29) is 29.3 Å². The Morgan fingerprint density at radius 3 is 2.30 bits per heavy atom. The molecule has 0 aliphatic rings. The molecule has 2 N–H and O–H groups in total.